The Labute approximate surface area is 141 Å². The van der Waals surface area contributed by atoms with Crippen molar-refractivity contribution in [3.8, 4) is 0 Å². The van der Waals surface area contributed by atoms with Gasteiger partial charge in [-0.2, -0.15) is 0 Å². The van der Waals surface area contributed by atoms with Gasteiger partial charge in [0, 0.05) is 63.0 Å². The molecule has 3 aliphatic heterocycles. The van der Waals surface area contributed by atoms with Crippen molar-refractivity contribution < 1.29 is 0 Å². The maximum atomic E-state index is 2.72. The van der Waals surface area contributed by atoms with E-state index in [-0.39, 0.29) is 0 Å². The number of para-hydroxylation sites is 1. The van der Waals surface area contributed by atoms with Gasteiger partial charge in [0.25, 0.3) is 0 Å². The molecule has 126 valence electrons. The summed E-state index contributed by atoms with van der Waals surface area (Å²) in [5.74, 6) is 0.911. The standard InChI is InChI=1S/C20H31N3/c1-17(2)23-15-20(16-23)13-21(14-20)12-18-8-10-22(11-9-18)19-6-4-3-5-7-19/h3-7,17-18H,8-16H2,1-2H3. The first-order valence-corrected chi connectivity index (χ1v) is 9.40. The number of hydrogen-bond acceptors (Lipinski definition) is 3. The first-order chi connectivity index (χ1) is 11.1. The fourth-order valence-corrected chi connectivity index (χ4v) is 4.79. The fraction of sp³-hybridized carbons (Fsp3) is 0.700. The molecule has 0 radical (unpaired) electrons. The quantitative estimate of drug-likeness (QED) is 0.846. The Morgan fingerprint density at radius 1 is 1.00 bits per heavy atom. The Morgan fingerprint density at radius 3 is 2.26 bits per heavy atom. The van der Waals surface area contributed by atoms with Crippen LogP contribution < -0.4 is 4.90 Å². The third-order valence-corrected chi connectivity index (χ3v) is 6.18. The SMILES string of the molecule is CC(C)N1CC2(CN(CC3CCN(c4ccccc4)CC3)C2)C1. The summed E-state index contributed by atoms with van der Waals surface area (Å²) in [6.45, 7) is 13.8. The van der Waals surface area contributed by atoms with Gasteiger partial charge in [-0.1, -0.05) is 18.2 Å². The molecule has 3 saturated heterocycles. The van der Waals surface area contributed by atoms with Crippen molar-refractivity contribution in [2.45, 2.75) is 32.7 Å². The van der Waals surface area contributed by atoms with Crippen molar-refractivity contribution in [3.63, 3.8) is 0 Å². The molecule has 0 atom stereocenters. The van der Waals surface area contributed by atoms with Gasteiger partial charge in [0.1, 0.15) is 0 Å². The fourth-order valence-electron chi connectivity index (χ4n) is 4.79. The number of piperidine rings is 1. The largest absolute Gasteiger partial charge is 0.372 e. The van der Waals surface area contributed by atoms with E-state index in [4.69, 9.17) is 0 Å². The highest BCUT2D eigenvalue weighted by atomic mass is 15.3. The molecule has 0 amide bonds. The second-order valence-corrected chi connectivity index (χ2v) is 8.43. The van der Waals surface area contributed by atoms with Crippen molar-refractivity contribution in [1.29, 1.82) is 0 Å². The second-order valence-electron chi connectivity index (χ2n) is 8.43. The lowest BCUT2D eigenvalue weighted by Crippen LogP contribution is -2.73. The van der Waals surface area contributed by atoms with Gasteiger partial charge < -0.3 is 9.80 Å². The molecule has 0 saturated carbocycles. The van der Waals surface area contributed by atoms with Gasteiger partial charge in [-0.3, -0.25) is 4.90 Å². The monoisotopic (exact) mass is 313 g/mol. The zero-order chi connectivity index (χ0) is 15.9. The average Bonchev–Trinajstić information content (AvgIpc) is 2.49. The molecule has 0 aliphatic carbocycles. The Morgan fingerprint density at radius 2 is 1.65 bits per heavy atom. The van der Waals surface area contributed by atoms with Gasteiger partial charge >= 0.3 is 0 Å². The van der Waals surface area contributed by atoms with Crippen LogP contribution in [-0.4, -0.2) is 61.7 Å². The maximum absolute atomic E-state index is 2.72. The predicted octanol–water partition coefficient (Wildman–Crippen LogP) is 2.93. The van der Waals surface area contributed by atoms with Crippen LogP contribution in [0, 0.1) is 11.3 Å². The number of anilines is 1. The van der Waals surface area contributed by atoms with Crippen LogP contribution in [0.1, 0.15) is 26.7 Å². The van der Waals surface area contributed by atoms with Gasteiger partial charge in [0.2, 0.25) is 0 Å². The van der Waals surface area contributed by atoms with Crippen molar-refractivity contribution in [2.24, 2.45) is 11.3 Å². The molecule has 3 nitrogen and oxygen atoms in total. The van der Waals surface area contributed by atoms with Gasteiger partial charge in [-0.15, -0.1) is 0 Å². The molecule has 3 heteroatoms. The zero-order valence-electron chi connectivity index (χ0n) is 14.7. The molecule has 1 aromatic carbocycles. The summed E-state index contributed by atoms with van der Waals surface area (Å²) >= 11 is 0. The van der Waals surface area contributed by atoms with E-state index < -0.39 is 0 Å². The highest BCUT2D eigenvalue weighted by Gasteiger charge is 2.51. The summed E-state index contributed by atoms with van der Waals surface area (Å²) in [5, 5.41) is 0. The molecule has 4 rings (SSSR count). The van der Waals surface area contributed by atoms with Crippen LogP contribution >= 0.6 is 0 Å². The van der Waals surface area contributed by atoms with Crippen LogP contribution in [-0.2, 0) is 0 Å². The molecular weight excluding hydrogens is 282 g/mol. The summed E-state index contributed by atoms with van der Waals surface area (Å²) in [4.78, 5) is 7.90. The molecule has 23 heavy (non-hydrogen) atoms. The molecular formula is C20H31N3. The molecule has 3 aliphatic rings. The first kappa shape index (κ1) is 15.5. The predicted molar refractivity (Wildman–Crippen MR) is 97.0 cm³/mol. The summed E-state index contributed by atoms with van der Waals surface area (Å²) in [6.07, 6.45) is 2.72. The highest BCUT2D eigenvalue weighted by Crippen LogP contribution is 2.41. The van der Waals surface area contributed by atoms with E-state index in [1.807, 2.05) is 0 Å². The van der Waals surface area contributed by atoms with E-state index in [0.717, 1.165) is 12.0 Å². The highest BCUT2D eigenvalue weighted by molar-refractivity contribution is 5.46. The van der Waals surface area contributed by atoms with E-state index in [1.165, 1.54) is 64.3 Å². The number of nitrogens with zero attached hydrogens (tertiary/aromatic N) is 3. The molecule has 1 spiro atoms. The van der Waals surface area contributed by atoms with Crippen LogP contribution in [0.4, 0.5) is 5.69 Å². The van der Waals surface area contributed by atoms with Crippen LogP contribution in [0.15, 0.2) is 30.3 Å². The minimum Gasteiger partial charge on any atom is -0.372 e. The minimum atomic E-state index is 0.676. The van der Waals surface area contributed by atoms with Gasteiger partial charge in [0.05, 0.1) is 0 Å². The topological polar surface area (TPSA) is 9.72 Å². The van der Waals surface area contributed by atoms with Crippen LogP contribution in [0.2, 0.25) is 0 Å². The van der Waals surface area contributed by atoms with Crippen LogP contribution in [0.3, 0.4) is 0 Å². The summed E-state index contributed by atoms with van der Waals surface area (Å²) in [7, 11) is 0. The molecule has 1 aromatic rings. The van der Waals surface area contributed by atoms with Gasteiger partial charge in [0.15, 0.2) is 0 Å². The van der Waals surface area contributed by atoms with Crippen molar-refractivity contribution in [1.82, 2.24) is 9.80 Å². The van der Waals surface area contributed by atoms with Crippen LogP contribution in [0.5, 0.6) is 0 Å². The van der Waals surface area contributed by atoms with Gasteiger partial charge in [-0.05, 0) is 44.7 Å². The number of rotatable bonds is 4. The summed E-state index contributed by atoms with van der Waals surface area (Å²) in [5.41, 5.74) is 2.08. The summed E-state index contributed by atoms with van der Waals surface area (Å²) in [6, 6.07) is 11.6. The van der Waals surface area contributed by atoms with Crippen molar-refractivity contribution in [3.05, 3.63) is 30.3 Å². The van der Waals surface area contributed by atoms with E-state index in [0.29, 0.717) is 5.41 Å². The van der Waals surface area contributed by atoms with E-state index in [1.54, 1.807) is 0 Å². The third-order valence-electron chi connectivity index (χ3n) is 6.18. The van der Waals surface area contributed by atoms with Crippen LogP contribution in [0.25, 0.3) is 0 Å². The van der Waals surface area contributed by atoms with Crippen molar-refractivity contribution >= 4 is 5.69 Å². The number of benzene rings is 1. The van der Waals surface area contributed by atoms with Crippen molar-refractivity contribution in [2.75, 3.05) is 50.7 Å². The third kappa shape index (κ3) is 3.14. The normalized spacial score (nSPS) is 25.6. The molecule has 3 fully saturated rings. The van der Waals surface area contributed by atoms with E-state index >= 15 is 0 Å². The maximum Gasteiger partial charge on any atom is 0.0366 e. The Hall–Kier alpha value is -1.06. The van der Waals surface area contributed by atoms with E-state index in [2.05, 4.69) is 58.9 Å². The zero-order valence-corrected chi connectivity index (χ0v) is 14.7. The minimum absolute atomic E-state index is 0.676. The second kappa shape index (κ2) is 6.10. The summed E-state index contributed by atoms with van der Waals surface area (Å²) < 4.78 is 0. The molecule has 0 aromatic heterocycles. The lowest BCUT2D eigenvalue weighted by Gasteiger charge is -2.62. The number of hydrogen-bond donors (Lipinski definition) is 0. The molecule has 0 N–H and O–H groups in total. The first-order valence-electron chi connectivity index (χ1n) is 9.40. The molecule has 0 unspecified atom stereocenters. The van der Waals surface area contributed by atoms with Gasteiger partial charge in [-0.25, -0.2) is 0 Å². The average molecular weight is 313 g/mol. The lowest BCUT2D eigenvalue weighted by molar-refractivity contribution is -0.129. The Kier molecular flexibility index (Phi) is 4.10. The Balaban J connectivity index is 1.19. The molecule has 3 heterocycles. The smallest absolute Gasteiger partial charge is 0.0366 e. The molecule has 0 bridgehead atoms. The lowest BCUT2D eigenvalue weighted by atomic mass is 9.71. The number of likely N-dealkylation sites (tertiary alicyclic amines) is 2. The Bertz CT molecular complexity index is 505. The van der Waals surface area contributed by atoms with E-state index in [9.17, 15) is 0 Å².